The maximum atomic E-state index is 12.6. The highest BCUT2D eigenvalue weighted by atomic mass is 35.5. The summed E-state index contributed by atoms with van der Waals surface area (Å²) in [6, 6.07) is 9.43. The van der Waals surface area contributed by atoms with Crippen LogP contribution in [0.25, 0.3) is 0 Å². The predicted molar refractivity (Wildman–Crippen MR) is 96.0 cm³/mol. The normalized spacial score (nSPS) is 24.3. The Morgan fingerprint density at radius 1 is 1.21 bits per heavy atom. The van der Waals surface area contributed by atoms with E-state index in [1.807, 2.05) is 37.3 Å². The first-order valence-corrected chi connectivity index (χ1v) is 8.56. The zero-order chi connectivity index (χ0) is 16.2. The minimum atomic E-state index is -0.323. The standard InChI is InChI=1S/C18H25N3O2.ClH/c1-13(14-7-3-2-4-8-14)20-17(22)16-10-6-12-21(16)18(23)15-9-5-11-19-15;/h2-4,7-8,13,15-16,19H,5-6,9-12H2,1H3,(H,20,22);1H/t13-,15+,16+;/m1./s1. The van der Waals surface area contributed by atoms with Gasteiger partial charge in [-0.15, -0.1) is 12.4 Å². The van der Waals surface area contributed by atoms with Gasteiger partial charge in [0.25, 0.3) is 0 Å². The van der Waals surface area contributed by atoms with Gasteiger partial charge in [0, 0.05) is 6.54 Å². The molecule has 2 heterocycles. The Kier molecular flexibility index (Phi) is 6.63. The van der Waals surface area contributed by atoms with Gasteiger partial charge in [-0.05, 0) is 44.7 Å². The van der Waals surface area contributed by atoms with Crippen LogP contribution in [0, 0.1) is 0 Å². The van der Waals surface area contributed by atoms with Crippen molar-refractivity contribution in [1.29, 1.82) is 0 Å². The maximum Gasteiger partial charge on any atom is 0.243 e. The Morgan fingerprint density at radius 3 is 2.62 bits per heavy atom. The lowest BCUT2D eigenvalue weighted by molar-refractivity contribution is -0.140. The number of carbonyl (C=O) groups excluding carboxylic acids is 2. The number of benzene rings is 1. The van der Waals surface area contributed by atoms with Gasteiger partial charge in [-0.1, -0.05) is 30.3 Å². The highest BCUT2D eigenvalue weighted by Crippen LogP contribution is 2.22. The highest BCUT2D eigenvalue weighted by Gasteiger charge is 2.38. The largest absolute Gasteiger partial charge is 0.348 e. The third kappa shape index (κ3) is 4.08. The molecule has 0 aromatic heterocycles. The van der Waals surface area contributed by atoms with Crippen LogP contribution in [0.4, 0.5) is 0 Å². The van der Waals surface area contributed by atoms with E-state index < -0.39 is 0 Å². The summed E-state index contributed by atoms with van der Waals surface area (Å²) in [5.74, 6) is 0.0534. The summed E-state index contributed by atoms with van der Waals surface area (Å²) in [5.41, 5.74) is 1.08. The molecule has 24 heavy (non-hydrogen) atoms. The number of nitrogens with zero attached hydrogens (tertiary/aromatic N) is 1. The van der Waals surface area contributed by atoms with Crippen LogP contribution in [0.1, 0.15) is 44.2 Å². The molecule has 0 bridgehead atoms. The summed E-state index contributed by atoms with van der Waals surface area (Å²) in [7, 11) is 0. The van der Waals surface area contributed by atoms with Crippen molar-refractivity contribution in [1.82, 2.24) is 15.5 Å². The van der Waals surface area contributed by atoms with Gasteiger partial charge in [-0.25, -0.2) is 0 Å². The fraction of sp³-hybridized carbons (Fsp3) is 0.556. The fourth-order valence-corrected chi connectivity index (χ4v) is 3.53. The lowest BCUT2D eigenvalue weighted by Crippen LogP contribution is -2.51. The van der Waals surface area contributed by atoms with E-state index in [9.17, 15) is 9.59 Å². The third-order valence-electron chi connectivity index (χ3n) is 4.86. The Bertz CT molecular complexity index is 561. The average molecular weight is 352 g/mol. The SMILES string of the molecule is C[C@@H](NC(=O)[C@@H]1CCCN1C(=O)[C@@H]1CCCN1)c1ccccc1.Cl. The van der Waals surface area contributed by atoms with Crippen LogP contribution in [0.5, 0.6) is 0 Å². The number of hydrogen-bond donors (Lipinski definition) is 2. The van der Waals surface area contributed by atoms with E-state index in [0.717, 1.165) is 37.8 Å². The summed E-state index contributed by atoms with van der Waals surface area (Å²) in [4.78, 5) is 27.0. The van der Waals surface area contributed by atoms with Gasteiger partial charge in [0.2, 0.25) is 11.8 Å². The van der Waals surface area contributed by atoms with Crippen molar-refractivity contribution in [3.63, 3.8) is 0 Å². The molecule has 1 aromatic rings. The van der Waals surface area contributed by atoms with Gasteiger partial charge in [-0.3, -0.25) is 9.59 Å². The Balaban J connectivity index is 0.00000208. The molecule has 0 aliphatic carbocycles. The molecule has 2 amide bonds. The summed E-state index contributed by atoms with van der Waals surface area (Å²) in [6.45, 7) is 3.56. The van der Waals surface area contributed by atoms with Crippen LogP contribution in [0.2, 0.25) is 0 Å². The average Bonchev–Trinajstić information content (AvgIpc) is 3.26. The Morgan fingerprint density at radius 2 is 1.96 bits per heavy atom. The number of rotatable bonds is 4. The van der Waals surface area contributed by atoms with Crippen molar-refractivity contribution in [3.8, 4) is 0 Å². The maximum absolute atomic E-state index is 12.6. The minimum Gasteiger partial charge on any atom is -0.348 e. The number of nitrogens with one attached hydrogen (secondary N) is 2. The molecule has 3 atom stereocenters. The molecule has 2 fully saturated rings. The van der Waals surface area contributed by atoms with Crippen LogP contribution >= 0.6 is 12.4 Å². The zero-order valence-corrected chi connectivity index (χ0v) is 14.8. The summed E-state index contributed by atoms with van der Waals surface area (Å²) >= 11 is 0. The van der Waals surface area contributed by atoms with Gasteiger partial charge in [0.05, 0.1) is 12.1 Å². The first-order valence-electron chi connectivity index (χ1n) is 8.56. The molecule has 0 spiro atoms. The number of carbonyl (C=O) groups is 2. The van der Waals surface area contributed by atoms with E-state index in [0.29, 0.717) is 6.54 Å². The van der Waals surface area contributed by atoms with E-state index in [1.165, 1.54) is 0 Å². The number of amides is 2. The lowest BCUT2D eigenvalue weighted by Gasteiger charge is -2.28. The molecule has 2 saturated heterocycles. The van der Waals surface area contributed by atoms with E-state index in [-0.39, 0.29) is 42.3 Å². The fourth-order valence-electron chi connectivity index (χ4n) is 3.53. The van der Waals surface area contributed by atoms with Crippen LogP contribution in [0.3, 0.4) is 0 Å². The van der Waals surface area contributed by atoms with Gasteiger partial charge in [0.15, 0.2) is 0 Å². The molecule has 0 saturated carbocycles. The second-order valence-electron chi connectivity index (χ2n) is 6.48. The van der Waals surface area contributed by atoms with E-state index in [2.05, 4.69) is 10.6 Å². The van der Waals surface area contributed by atoms with Gasteiger partial charge in [0.1, 0.15) is 6.04 Å². The molecule has 3 rings (SSSR count). The lowest BCUT2D eigenvalue weighted by atomic mass is 10.1. The Hall–Kier alpha value is -1.59. The first-order chi connectivity index (χ1) is 11.2. The predicted octanol–water partition coefficient (Wildman–Crippen LogP) is 2.03. The molecule has 2 aliphatic heterocycles. The van der Waals surface area contributed by atoms with Crippen molar-refractivity contribution in [3.05, 3.63) is 35.9 Å². The van der Waals surface area contributed by atoms with Crippen LogP contribution in [-0.4, -0.2) is 41.9 Å². The second-order valence-corrected chi connectivity index (χ2v) is 6.48. The topological polar surface area (TPSA) is 61.4 Å². The molecule has 6 heteroatoms. The van der Waals surface area contributed by atoms with Crippen LogP contribution in [0.15, 0.2) is 30.3 Å². The first kappa shape index (κ1) is 18.7. The van der Waals surface area contributed by atoms with Crippen molar-refractivity contribution in [2.75, 3.05) is 13.1 Å². The van der Waals surface area contributed by atoms with E-state index in [1.54, 1.807) is 4.90 Å². The molecule has 2 N–H and O–H groups in total. The van der Waals surface area contributed by atoms with Crippen molar-refractivity contribution in [2.24, 2.45) is 0 Å². The van der Waals surface area contributed by atoms with Gasteiger partial charge in [-0.2, -0.15) is 0 Å². The number of likely N-dealkylation sites (tertiary alicyclic amines) is 1. The molecule has 132 valence electrons. The summed E-state index contributed by atoms with van der Waals surface area (Å²) in [6.07, 6.45) is 3.57. The van der Waals surface area contributed by atoms with Gasteiger partial charge >= 0.3 is 0 Å². The van der Waals surface area contributed by atoms with Crippen molar-refractivity contribution in [2.45, 2.75) is 50.7 Å². The third-order valence-corrected chi connectivity index (χ3v) is 4.86. The smallest absolute Gasteiger partial charge is 0.243 e. The van der Waals surface area contributed by atoms with Crippen molar-refractivity contribution >= 4 is 24.2 Å². The number of hydrogen-bond acceptors (Lipinski definition) is 3. The summed E-state index contributed by atoms with van der Waals surface area (Å²) < 4.78 is 0. The molecule has 0 unspecified atom stereocenters. The molecule has 2 aliphatic rings. The quantitative estimate of drug-likeness (QED) is 0.872. The summed E-state index contributed by atoms with van der Waals surface area (Å²) in [5, 5.41) is 6.30. The minimum absolute atomic E-state index is 0. The van der Waals surface area contributed by atoms with Crippen LogP contribution < -0.4 is 10.6 Å². The Labute approximate surface area is 149 Å². The van der Waals surface area contributed by atoms with E-state index in [4.69, 9.17) is 0 Å². The van der Waals surface area contributed by atoms with Crippen LogP contribution in [-0.2, 0) is 9.59 Å². The molecule has 1 aromatic carbocycles. The number of halogens is 1. The molecular weight excluding hydrogens is 326 g/mol. The highest BCUT2D eigenvalue weighted by molar-refractivity contribution is 5.90. The molecule has 5 nitrogen and oxygen atoms in total. The van der Waals surface area contributed by atoms with E-state index >= 15 is 0 Å². The second kappa shape index (κ2) is 8.49. The monoisotopic (exact) mass is 351 g/mol. The van der Waals surface area contributed by atoms with Crippen molar-refractivity contribution < 1.29 is 9.59 Å². The molecular formula is C18H26ClN3O2. The van der Waals surface area contributed by atoms with Gasteiger partial charge < -0.3 is 15.5 Å². The zero-order valence-electron chi connectivity index (χ0n) is 14.0. The molecule has 0 radical (unpaired) electrons.